The number of likely N-dealkylation sites (tertiary alicyclic amines) is 4. The van der Waals surface area contributed by atoms with Gasteiger partial charge < -0.3 is 30.1 Å². The zero-order chi connectivity index (χ0) is 42.5. The van der Waals surface area contributed by atoms with Crippen LogP contribution in [0.25, 0.3) is 21.8 Å². The van der Waals surface area contributed by atoms with E-state index >= 15 is 0 Å². The van der Waals surface area contributed by atoms with Crippen LogP contribution in [0.15, 0.2) is 60.7 Å². The maximum absolute atomic E-state index is 12.8. The number of rotatable bonds is 5. The fraction of sp³-hybridized carbons (Fsp3) is 0.542. The van der Waals surface area contributed by atoms with Crippen molar-refractivity contribution in [1.29, 1.82) is 0 Å². The molecule has 0 bridgehead atoms. The van der Waals surface area contributed by atoms with Crippen molar-refractivity contribution < 1.29 is 23.9 Å². The summed E-state index contributed by atoms with van der Waals surface area (Å²) in [6.07, 6.45) is 8.26. The Kier molecular flexibility index (Phi) is 13.8. The number of amides is 3. The van der Waals surface area contributed by atoms with Gasteiger partial charge in [-0.25, -0.2) is 4.79 Å². The molecule has 4 aromatic rings. The van der Waals surface area contributed by atoms with E-state index in [1.165, 1.54) is 0 Å². The molecule has 2 N–H and O–H groups in total. The highest BCUT2D eigenvalue weighted by Gasteiger charge is 2.36. The lowest BCUT2D eigenvalue weighted by Crippen LogP contribution is -2.46. The molecule has 0 aliphatic carbocycles. The molecule has 2 aromatic heterocycles. The Hall–Kier alpha value is -4.94. The average molecular weight is 818 g/mol. The molecule has 8 rings (SSSR count). The number of nitrogens with zero attached hydrogens (tertiary/aromatic N) is 6. The number of hydrogen-bond acceptors (Lipinski definition) is 9. The summed E-state index contributed by atoms with van der Waals surface area (Å²) in [5.74, 6) is -1.03. The lowest BCUT2D eigenvalue weighted by Gasteiger charge is -2.38. The number of pyridine rings is 2. The van der Waals surface area contributed by atoms with E-state index in [-0.39, 0.29) is 18.7 Å². The summed E-state index contributed by atoms with van der Waals surface area (Å²) >= 11 is 0. The summed E-state index contributed by atoms with van der Waals surface area (Å²) in [6.45, 7) is 11.7. The van der Waals surface area contributed by atoms with Gasteiger partial charge in [0.1, 0.15) is 0 Å². The van der Waals surface area contributed by atoms with Crippen LogP contribution in [0.1, 0.15) is 119 Å². The number of fused-ring (bicyclic) bond motifs is 2. The van der Waals surface area contributed by atoms with Gasteiger partial charge in [-0.2, -0.15) is 0 Å². The van der Waals surface area contributed by atoms with Gasteiger partial charge in [-0.15, -0.1) is 0 Å². The molecule has 4 saturated heterocycles. The summed E-state index contributed by atoms with van der Waals surface area (Å²) in [5, 5.41) is 2.20. The van der Waals surface area contributed by atoms with Gasteiger partial charge in [0.2, 0.25) is 0 Å². The number of carbonyl (C=O) groups is 4. The van der Waals surface area contributed by atoms with E-state index < -0.39 is 23.7 Å². The van der Waals surface area contributed by atoms with Gasteiger partial charge in [0.05, 0.1) is 29.7 Å². The highest BCUT2D eigenvalue weighted by Crippen LogP contribution is 2.37. The largest absolute Gasteiger partial charge is 0.459 e. The molecule has 0 saturated carbocycles. The topological polar surface area (TPSA) is 142 Å². The number of aromatic nitrogens is 2. The number of ether oxygens (including phenoxy) is 1. The molecule has 4 atom stereocenters. The number of nitrogens with two attached hydrogens (primary N) is 1. The van der Waals surface area contributed by atoms with Crippen LogP contribution in [-0.2, 0) is 23.9 Å². The van der Waals surface area contributed by atoms with Gasteiger partial charge in [-0.3, -0.25) is 24.4 Å². The van der Waals surface area contributed by atoms with E-state index in [1.807, 2.05) is 0 Å². The number of carbonyl (C=O) groups excluding carboxylic acids is 4. The smallest absolute Gasteiger partial charge is 0.397 e. The molecule has 0 radical (unpaired) electrons. The van der Waals surface area contributed by atoms with Crippen molar-refractivity contribution in [2.45, 2.75) is 96.1 Å². The summed E-state index contributed by atoms with van der Waals surface area (Å²) in [5.41, 5.74) is 11.6. The number of benzene rings is 2. The maximum Gasteiger partial charge on any atom is 0.397 e. The monoisotopic (exact) mass is 817 g/mol. The molecule has 4 aliphatic rings. The first kappa shape index (κ1) is 43.2. The Balaban J connectivity index is 0.000000182. The van der Waals surface area contributed by atoms with E-state index in [9.17, 15) is 19.2 Å². The summed E-state index contributed by atoms with van der Waals surface area (Å²) in [4.78, 5) is 67.0. The Morgan fingerprint density at radius 1 is 0.617 bits per heavy atom. The number of primary amides is 1. The van der Waals surface area contributed by atoms with Crippen LogP contribution in [0.3, 0.4) is 0 Å². The molecule has 4 aliphatic heterocycles. The second kappa shape index (κ2) is 19.2. The lowest BCUT2D eigenvalue weighted by atomic mass is 9.89. The molecule has 0 spiro atoms. The minimum absolute atomic E-state index is 0.119. The van der Waals surface area contributed by atoms with Crippen LogP contribution in [0, 0.1) is 11.8 Å². The molecule has 4 fully saturated rings. The standard InChI is InChI=1S/C25H33N3O3.C23H30N4O2/c1-4-31-25(30)24(29)28-16-17(2)5-10-23(28)20-7-6-18-8-9-21(26-22(18)15-20)19-11-13-27(3)14-12-19;1-15-3-8-21(27(14-15)23(29)22(24)28)18-5-4-16-6-7-19(25-20(16)13-18)17-9-11-26(2)12-10-17/h6-9,15,17,19,23H,4-5,10-14,16H2,1-3H3;4-7,13,15,17,21H,3,8-12,14H2,1-2H3,(H2,24,28)/t17-,23+;15-,21+/m00/s1. The zero-order valence-corrected chi connectivity index (χ0v) is 36.1. The third-order valence-electron chi connectivity index (χ3n) is 13.3. The van der Waals surface area contributed by atoms with Gasteiger partial charge in [-0.05, 0) is 146 Å². The maximum atomic E-state index is 12.8. The third-order valence-corrected chi connectivity index (χ3v) is 13.3. The van der Waals surface area contributed by atoms with Crippen LogP contribution < -0.4 is 5.73 Å². The van der Waals surface area contributed by atoms with Gasteiger partial charge in [0, 0.05) is 47.1 Å². The van der Waals surface area contributed by atoms with E-state index in [0.29, 0.717) is 36.8 Å². The predicted octanol–water partition coefficient (Wildman–Crippen LogP) is 6.74. The molecule has 2 aromatic carbocycles. The number of esters is 1. The molecule has 0 unspecified atom stereocenters. The Labute approximate surface area is 354 Å². The average Bonchev–Trinajstić information content (AvgIpc) is 3.26. The van der Waals surface area contributed by atoms with Crippen molar-refractivity contribution in [2.24, 2.45) is 17.6 Å². The van der Waals surface area contributed by atoms with Crippen molar-refractivity contribution >= 4 is 45.5 Å². The molecular formula is C48H63N7O5. The first-order valence-electron chi connectivity index (χ1n) is 22.1. The molecule has 6 heterocycles. The molecule has 12 heteroatoms. The van der Waals surface area contributed by atoms with E-state index in [4.69, 9.17) is 20.4 Å². The third kappa shape index (κ3) is 9.98. The van der Waals surface area contributed by atoms with Crippen molar-refractivity contribution in [2.75, 3.05) is 60.0 Å². The summed E-state index contributed by atoms with van der Waals surface area (Å²) < 4.78 is 4.99. The fourth-order valence-electron chi connectivity index (χ4n) is 9.68. The van der Waals surface area contributed by atoms with Crippen LogP contribution in [-0.4, -0.2) is 113 Å². The van der Waals surface area contributed by atoms with Crippen LogP contribution >= 0.6 is 0 Å². The highest BCUT2D eigenvalue weighted by molar-refractivity contribution is 6.34. The Bertz CT molecular complexity index is 2180. The number of hydrogen-bond donors (Lipinski definition) is 1. The van der Waals surface area contributed by atoms with Crippen molar-refractivity contribution in [3.63, 3.8) is 0 Å². The van der Waals surface area contributed by atoms with Crippen LogP contribution in [0.2, 0.25) is 0 Å². The second-order valence-electron chi connectivity index (χ2n) is 17.9. The van der Waals surface area contributed by atoms with Gasteiger partial charge >= 0.3 is 23.7 Å². The molecule has 12 nitrogen and oxygen atoms in total. The first-order chi connectivity index (χ1) is 28.9. The highest BCUT2D eigenvalue weighted by atomic mass is 16.5. The lowest BCUT2D eigenvalue weighted by molar-refractivity contribution is -0.162. The zero-order valence-electron chi connectivity index (χ0n) is 36.1. The molecule has 320 valence electrons. The van der Waals surface area contributed by atoms with Crippen molar-refractivity contribution in [3.8, 4) is 0 Å². The quantitative estimate of drug-likeness (QED) is 0.171. The molecular weight excluding hydrogens is 755 g/mol. The normalized spacial score (nSPS) is 23.6. The second-order valence-corrected chi connectivity index (χ2v) is 17.9. The fourth-order valence-corrected chi connectivity index (χ4v) is 9.68. The van der Waals surface area contributed by atoms with Gasteiger partial charge in [0.25, 0.3) is 0 Å². The van der Waals surface area contributed by atoms with Crippen LogP contribution in [0.5, 0.6) is 0 Å². The van der Waals surface area contributed by atoms with Crippen LogP contribution in [0.4, 0.5) is 0 Å². The number of piperidine rings is 4. The minimum Gasteiger partial charge on any atom is -0.459 e. The van der Waals surface area contributed by atoms with Gasteiger partial charge in [0.15, 0.2) is 0 Å². The Morgan fingerprint density at radius 2 is 1.03 bits per heavy atom. The Morgan fingerprint density at radius 3 is 1.45 bits per heavy atom. The van der Waals surface area contributed by atoms with E-state index in [1.54, 1.807) is 16.7 Å². The van der Waals surface area contributed by atoms with Crippen molar-refractivity contribution in [3.05, 3.63) is 83.2 Å². The van der Waals surface area contributed by atoms with E-state index in [2.05, 4.69) is 98.4 Å². The SMILES string of the molecule is CCOC(=O)C(=O)N1C[C@@H](C)CC[C@@H]1c1ccc2ccc(C3CCN(C)CC3)nc2c1.C[C@H]1CC[C@H](c2ccc3ccc(C4CCN(C)CC4)nc3c2)N(C(=O)C(N)=O)C1. The summed E-state index contributed by atoms with van der Waals surface area (Å²) in [7, 11) is 4.34. The molecule has 60 heavy (non-hydrogen) atoms. The van der Waals surface area contributed by atoms with Crippen molar-refractivity contribution in [1.82, 2.24) is 29.6 Å². The molecule has 3 amide bonds. The minimum atomic E-state index is -0.882. The predicted molar refractivity (Wildman–Crippen MR) is 234 cm³/mol. The van der Waals surface area contributed by atoms with E-state index in [0.717, 1.165) is 122 Å². The summed E-state index contributed by atoms with van der Waals surface area (Å²) in [6, 6.07) is 20.9. The van der Waals surface area contributed by atoms with Gasteiger partial charge in [-0.1, -0.05) is 50.2 Å². The first-order valence-corrected chi connectivity index (χ1v) is 22.1.